The molecule has 112 valence electrons. The Morgan fingerprint density at radius 3 is 2.57 bits per heavy atom. The van der Waals surface area contributed by atoms with Gasteiger partial charge in [-0.15, -0.1) is 0 Å². The molecule has 2 aromatic rings. The molecule has 0 heterocycles. The third-order valence-electron chi connectivity index (χ3n) is 3.14. The van der Waals surface area contributed by atoms with E-state index < -0.39 is 11.6 Å². The molecule has 2 rings (SSSR count). The summed E-state index contributed by atoms with van der Waals surface area (Å²) in [5, 5.41) is 3.94. The van der Waals surface area contributed by atoms with Crippen LogP contribution in [0.2, 0.25) is 5.02 Å². The Bertz CT molecular complexity index is 634. The SMILES string of the molecule is CCCNC(c1ccc(F)c(F)c1)c1cc(Cl)ccc1Br. The van der Waals surface area contributed by atoms with E-state index in [4.69, 9.17) is 11.6 Å². The number of hydrogen-bond acceptors (Lipinski definition) is 1. The summed E-state index contributed by atoms with van der Waals surface area (Å²) in [5.74, 6) is -1.70. The summed E-state index contributed by atoms with van der Waals surface area (Å²) in [4.78, 5) is 0. The lowest BCUT2D eigenvalue weighted by Gasteiger charge is -2.21. The fourth-order valence-electron chi connectivity index (χ4n) is 2.12. The minimum absolute atomic E-state index is 0.256. The summed E-state index contributed by atoms with van der Waals surface area (Å²) < 4.78 is 27.5. The molecule has 0 bridgehead atoms. The molecule has 0 aliphatic heterocycles. The molecule has 1 nitrogen and oxygen atoms in total. The van der Waals surface area contributed by atoms with Gasteiger partial charge in [0, 0.05) is 9.50 Å². The van der Waals surface area contributed by atoms with Gasteiger partial charge in [0.2, 0.25) is 0 Å². The molecule has 0 amide bonds. The summed E-state index contributed by atoms with van der Waals surface area (Å²) in [7, 11) is 0. The molecule has 0 aliphatic carbocycles. The van der Waals surface area contributed by atoms with Crippen molar-refractivity contribution in [2.45, 2.75) is 19.4 Å². The van der Waals surface area contributed by atoms with Crippen LogP contribution in [0.1, 0.15) is 30.5 Å². The molecule has 0 fully saturated rings. The fourth-order valence-corrected chi connectivity index (χ4v) is 2.78. The molecule has 1 unspecified atom stereocenters. The van der Waals surface area contributed by atoms with Crippen LogP contribution in [-0.4, -0.2) is 6.54 Å². The molecule has 5 heteroatoms. The molecular weight excluding hydrogens is 360 g/mol. The van der Waals surface area contributed by atoms with Crippen molar-refractivity contribution < 1.29 is 8.78 Å². The minimum Gasteiger partial charge on any atom is -0.306 e. The van der Waals surface area contributed by atoms with Gasteiger partial charge >= 0.3 is 0 Å². The van der Waals surface area contributed by atoms with Crippen LogP contribution in [-0.2, 0) is 0 Å². The molecule has 0 saturated carbocycles. The van der Waals surface area contributed by atoms with Gasteiger partial charge in [0.05, 0.1) is 6.04 Å². The summed E-state index contributed by atoms with van der Waals surface area (Å²) in [6, 6.07) is 9.13. The highest BCUT2D eigenvalue weighted by Crippen LogP contribution is 2.31. The van der Waals surface area contributed by atoms with Crippen LogP contribution in [0.4, 0.5) is 8.78 Å². The topological polar surface area (TPSA) is 12.0 Å². The van der Waals surface area contributed by atoms with E-state index in [1.165, 1.54) is 6.07 Å². The predicted octanol–water partition coefficient (Wildman–Crippen LogP) is 5.47. The molecule has 21 heavy (non-hydrogen) atoms. The van der Waals surface area contributed by atoms with Crippen molar-refractivity contribution in [3.05, 3.63) is 68.7 Å². The Kier molecular flexibility index (Phi) is 5.73. The smallest absolute Gasteiger partial charge is 0.159 e. The second kappa shape index (κ2) is 7.34. The van der Waals surface area contributed by atoms with Crippen LogP contribution in [0, 0.1) is 11.6 Å². The van der Waals surface area contributed by atoms with Crippen molar-refractivity contribution in [3.8, 4) is 0 Å². The average molecular weight is 375 g/mol. The van der Waals surface area contributed by atoms with Gasteiger partial charge in [0.1, 0.15) is 0 Å². The second-order valence-electron chi connectivity index (χ2n) is 4.73. The van der Waals surface area contributed by atoms with Crippen molar-refractivity contribution in [2.24, 2.45) is 0 Å². The highest BCUT2D eigenvalue weighted by Gasteiger charge is 2.18. The first-order chi connectivity index (χ1) is 10.0. The highest BCUT2D eigenvalue weighted by molar-refractivity contribution is 9.10. The van der Waals surface area contributed by atoms with E-state index in [2.05, 4.69) is 21.2 Å². The number of rotatable bonds is 5. The van der Waals surface area contributed by atoms with E-state index >= 15 is 0 Å². The van der Waals surface area contributed by atoms with Crippen LogP contribution in [0.3, 0.4) is 0 Å². The van der Waals surface area contributed by atoms with Crippen molar-refractivity contribution in [3.63, 3.8) is 0 Å². The Morgan fingerprint density at radius 2 is 1.90 bits per heavy atom. The molecular formula is C16H15BrClF2N. The summed E-state index contributed by atoms with van der Waals surface area (Å²) in [5.41, 5.74) is 1.55. The van der Waals surface area contributed by atoms with E-state index in [1.807, 2.05) is 19.1 Å². The molecule has 0 spiro atoms. The van der Waals surface area contributed by atoms with Gasteiger partial charge in [0.15, 0.2) is 11.6 Å². The van der Waals surface area contributed by atoms with E-state index in [1.54, 1.807) is 12.1 Å². The Hall–Kier alpha value is -0.970. The molecule has 1 N–H and O–H groups in total. The first-order valence-electron chi connectivity index (χ1n) is 6.66. The zero-order chi connectivity index (χ0) is 15.4. The van der Waals surface area contributed by atoms with Crippen molar-refractivity contribution in [1.29, 1.82) is 0 Å². The summed E-state index contributed by atoms with van der Waals surface area (Å²) in [6.45, 7) is 2.80. The monoisotopic (exact) mass is 373 g/mol. The van der Waals surface area contributed by atoms with Crippen LogP contribution in [0.25, 0.3) is 0 Å². The molecule has 1 atom stereocenters. The van der Waals surface area contributed by atoms with Crippen LogP contribution in [0.5, 0.6) is 0 Å². The van der Waals surface area contributed by atoms with Crippen molar-refractivity contribution in [2.75, 3.05) is 6.54 Å². The van der Waals surface area contributed by atoms with Crippen molar-refractivity contribution in [1.82, 2.24) is 5.32 Å². The highest BCUT2D eigenvalue weighted by atomic mass is 79.9. The third kappa shape index (κ3) is 4.02. The molecule has 0 aliphatic rings. The first kappa shape index (κ1) is 16.4. The van der Waals surface area contributed by atoms with Gasteiger partial charge in [-0.3, -0.25) is 0 Å². The standard InChI is InChI=1S/C16H15BrClF2N/c1-2-7-21-16(10-3-6-14(19)15(20)8-10)12-9-11(18)4-5-13(12)17/h3-6,8-9,16,21H,2,7H2,1H3. The number of benzene rings is 2. The van der Waals surface area contributed by atoms with Crippen LogP contribution in [0.15, 0.2) is 40.9 Å². The third-order valence-corrected chi connectivity index (χ3v) is 4.10. The van der Waals surface area contributed by atoms with Crippen LogP contribution >= 0.6 is 27.5 Å². The lowest BCUT2D eigenvalue weighted by molar-refractivity contribution is 0.503. The van der Waals surface area contributed by atoms with Gasteiger partial charge in [-0.25, -0.2) is 8.78 Å². The number of halogens is 4. The maximum atomic E-state index is 13.5. The van der Waals surface area contributed by atoms with E-state index in [-0.39, 0.29) is 6.04 Å². The zero-order valence-corrected chi connectivity index (χ0v) is 13.8. The molecule has 0 aromatic heterocycles. The maximum absolute atomic E-state index is 13.5. The van der Waals surface area contributed by atoms with E-state index in [9.17, 15) is 8.78 Å². The van der Waals surface area contributed by atoms with E-state index in [0.29, 0.717) is 10.6 Å². The second-order valence-corrected chi connectivity index (χ2v) is 6.02. The van der Waals surface area contributed by atoms with Gasteiger partial charge < -0.3 is 5.32 Å². The lowest BCUT2D eigenvalue weighted by Crippen LogP contribution is -2.23. The fraction of sp³-hybridized carbons (Fsp3) is 0.250. The zero-order valence-electron chi connectivity index (χ0n) is 11.5. The molecule has 2 aromatic carbocycles. The minimum atomic E-state index is -0.853. The number of hydrogen-bond donors (Lipinski definition) is 1. The van der Waals surface area contributed by atoms with Gasteiger partial charge in [-0.2, -0.15) is 0 Å². The first-order valence-corrected chi connectivity index (χ1v) is 7.83. The Labute approximate surface area is 136 Å². The summed E-state index contributed by atoms with van der Waals surface area (Å²) >= 11 is 9.54. The predicted molar refractivity (Wildman–Crippen MR) is 85.6 cm³/mol. The Morgan fingerprint density at radius 1 is 1.14 bits per heavy atom. The largest absolute Gasteiger partial charge is 0.306 e. The summed E-state index contributed by atoms with van der Waals surface area (Å²) in [6.07, 6.45) is 0.929. The van der Waals surface area contributed by atoms with Gasteiger partial charge in [0.25, 0.3) is 0 Å². The van der Waals surface area contributed by atoms with Crippen LogP contribution < -0.4 is 5.32 Å². The van der Waals surface area contributed by atoms with Gasteiger partial charge in [-0.1, -0.05) is 40.5 Å². The molecule has 0 radical (unpaired) electrons. The normalized spacial score (nSPS) is 12.4. The maximum Gasteiger partial charge on any atom is 0.159 e. The Balaban J connectivity index is 2.46. The van der Waals surface area contributed by atoms with Crippen molar-refractivity contribution >= 4 is 27.5 Å². The van der Waals surface area contributed by atoms with Gasteiger partial charge in [-0.05, 0) is 54.4 Å². The lowest BCUT2D eigenvalue weighted by atomic mass is 9.98. The van der Waals surface area contributed by atoms with E-state index in [0.717, 1.165) is 29.1 Å². The molecule has 0 saturated heterocycles. The number of nitrogens with one attached hydrogen (secondary N) is 1. The quantitative estimate of drug-likeness (QED) is 0.732. The average Bonchev–Trinajstić information content (AvgIpc) is 2.46.